The summed E-state index contributed by atoms with van der Waals surface area (Å²) in [5.74, 6) is 0.805. The highest BCUT2D eigenvalue weighted by molar-refractivity contribution is 7.90. The molecule has 8 nitrogen and oxygen atoms in total. The summed E-state index contributed by atoms with van der Waals surface area (Å²) in [7, 11) is 0.594. The number of methoxy groups -OCH3 is 1. The maximum absolute atomic E-state index is 12.9. The average Bonchev–Trinajstić information content (AvgIpc) is 2.62. The van der Waals surface area contributed by atoms with Gasteiger partial charge in [-0.1, -0.05) is 12.1 Å². The smallest absolute Gasteiger partial charge is 0.301 e. The van der Waals surface area contributed by atoms with Gasteiger partial charge in [-0.2, -0.15) is 12.7 Å². The fraction of sp³-hybridized carbons (Fsp3) is 0.222. The minimum Gasteiger partial charge on any atom is -0.494 e. The van der Waals surface area contributed by atoms with Gasteiger partial charge in [-0.15, -0.1) is 0 Å². The van der Waals surface area contributed by atoms with Crippen LogP contribution in [0.2, 0.25) is 0 Å². The Hall–Kier alpha value is -2.91. The molecule has 1 N–H and O–H groups in total. The van der Waals surface area contributed by atoms with Crippen molar-refractivity contribution in [3.05, 3.63) is 58.6 Å². The van der Waals surface area contributed by atoms with Crippen LogP contribution >= 0.6 is 0 Å². The minimum absolute atomic E-state index is 0.207. The molecular weight excluding hydrogens is 368 g/mol. The fourth-order valence-electron chi connectivity index (χ4n) is 2.68. The Morgan fingerprint density at radius 2 is 1.85 bits per heavy atom. The summed E-state index contributed by atoms with van der Waals surface area (Å²) in [6, 6.07) is 11.9. The molecule has 3 rings (SSSR count). The van der Waals surface area contributed by atoms with Crippen LogP contribution in [0.1, 0.15) is 5.82 Å². The molecule has 2 aromatic carbocycles. The molecular formula is C18H20N4O4S. The highest BCUT2D eigenvalue weighted by atomic mass is 32.2. The lowest BCUT2D eigenvalue weighted by Gasteiger charge is -2.17. The summed E-state index contributed by atoms with van der Waals surface area (Å²) in [4.78, 5) is 17.4. The first kappa shape index (κ1) is 18.9. The van der Waals surface area contributed by atoms with Gasteiger partial charge in [0.2, 0.25) is 0 Å². The van der Waals surface area contributed by atoms with Gasteiger partial charge in [0.1, 0.15) is 11.6 Å². The van der Waals surface area contributed by atoms with Gasteiger partial charge in [-0.05, 0) is 31.2 Å². The van der Waals surface area contributed by atoms with Crippen molar-refractivity contribution in [2.45, 2.75) is 6.92 Å². The Morgan fingerprint density at radius 1 is 1.15 bits per heavy atom. The number of nitrogens with zero attached hydrogens (tertiary/aromatic N) is 3. The van der Waals surface area contributed by atoms with Gasteiger partial charge in [0.05, 0.1) is 29.4 Å². The van der Waals surface area contributed by atoms with Crippen LogP contribution in [-0.4, -0.2) is 43.5 Å². The van der Waals surface area contributed by atoms with Crippen molar-refractivity contribution in [2.75, 3.05) is 25.9 Å². The molecule has 0 aliphatic rings. The molecule has 27 heavy (non-hydrogen) atoms. The van der Waals surface area contributed by atoms with Crippen molar-refractivity contribution < 1.29 is 13.2 Å². The second-order valence-corrected chi connectivity index (χ2v) is 7.98. The van der Waals surface area contributed by atoms with E-state index in [1.807, 2.05) is 6.07 Å². The predicted octanol–water partition coefficient (Wildman–Crippen LogP) is 1.92. The molecule has 1 aromatic heterocycles. The molecule has 0 amide bonds. The Kier molecular flexibility index (Phi) is 4.90. The molecule has 0 unspecified atom stereocenters. The number of nitrogens with one attached hydrogen (secondary N) is 1. The number of benzene rings is 2. The molecule has 3 aromatic rings. The first-order valence-electron chi connectivity index (χ1n) is 8.11. The van der Waals surface area contributed by atoms with E-state index in [2.05, 4.69) is 9.71 Å². The highest BCUT2D eigenvalue weighted by Gasteiger charge is 2.17. The molecule has 9 heteroatoms. The molecule has 0 aliphatic carbocycles. The Balaban J connectivity index is 2.14. The van der Waals surface area contributed by atoms with E-state index < -0.39 is 10.2 Å². The van der Waals surface area contributed by atoms with Crippen LogP contribution < -0.4 is 15.0 Å². The number of fused-ring (bicyclic) bond motifs is 1. The lowest BCUT2D eigenvalue weighted by molar-refractivity contribution is 0.416. The second-order valence-electron chi connectivity index (χ2n) is 6.09. The zero-order valence-electron chi connectivity index (χ0n) is 15.4. The van der Waals surface area contributed by atoms with E-state index in [0.29, 0.717) is 22.4 Å². The van der Waals surface area contributed by atoms with Crippen molar-refractivity contribution >= 4 is 26.8 Å². The van der Waals surface area contributed by atoms with E-state index in [-0.39, 0.29) is 17.0 Å². The third-order valence-electron chi connectivity index (χ3n) is 4.11. The Morgan fingerprint density at radius 3 is 2.52 bits per heavy atom. The summed E-state index contributed by atoms with van der Waals surface area (Å²) in [6.07, 6.45) is 0. The van der Waals surface area contributed by atoms with Gasteiger partial charge in [-0.3, -0.25) is 14.1 Å². The molecule has 1 heterocycles. The van der Waals surface area contributed by atoms with Crippen LogP contribution in [0, 0.1) is 6.92 Å². The van der Waals surface area contributed by atoms with Crippen LogP contribution in [0.25, 0.3) is 16.6 Å². The summed E-state index contributed by atoms with van der Waals surface area (Å²) in [6.45, 7) is 1.74. The number of para-hydroxylation sites is 1. The van der Waals surface area contributed by atoms with Crippen LogP contribution in [-0.2, 0) is 10.2 Å². The zero-order chi connectivity index (χ0) is 19.8. The van der Waals surface area contributed by atoms with Gasteiger partial charge in [0, 0.05) is 20.2 Å². The van der Waals surface area contributed by atoms with E-state index in [4.69, 9.17) is 4.74 Å². The van der Waals surface area contributed by atoms with E-state index in [1.165, 1.54) is 25.8 Å². The normalized spacial score (nSPS) is 11.7. The van der Waals surface area contributed by atoms with Gasteiger partial charge in [0.15, 0.2) is 0 Å². The van der Waals surface area contributed by atoms with E-state index >= 15 is 0 Å². The molecule has 0 saturated carbocycles. The van der Waals surface area contributed by atoms with Gasteiger partial charge >= 0.3 is 10.2 Å². The van der Waals surface area contributed by atoms with Crippen molar-refractivity contribution in [1.82, 2.24) is 13.9 Å². The van der Waals surface area contributed by atoms with Gasteiger partial charge < -0.3 is 4.74 Å². The Bertz CT molecular complexity index is 1170. The molecule has 0 aliphatic heterocycles. The lowest BCUT2D eigenvalue weighted by Crippen LogP contribution is -2.29. The second kappa shape index (κ2) is 7.01. The molecule has 0 bridgehead atoms. The number of anilines is 1. The van der Waals surface area contributed by atoms with Crippen LogP contribution in [0.15, 0.2) is 47.3 Å². The van der Waals surface area contributed by atoms with Crippen molar-refractivity contribution in [3.63, 3.8) is 0 Å². The molecule has 0 fully saturated rings. The van der Waals surface area contributed by atoms with Crippen molar-refractivity contribution in [1.29, 1.82) is 0 Å². The largest absolute Gasteiger partial charge is 0.494 e. The van der Waals surface area contributed by atoms with E-state index in [0.717, 1.165) is 4.31 Å². The molecule has 142 valence electrons. The third kappa shape index (κ3) is 3.51. The summed E-state index contributed by atoms with van der Waals surface area (Å²) >= 11 is 0. The number of hydrogen-bond donors (Lipinski definition) is 1. The first-order valence-corrected chi connectivity index (χ1v) is 9.55. The van der Waals surface area contributed by atoms with E-state index in [1.54, 1.807) is 43.3 Å². The molecule has 0 saturated heterocycles. The fourth-order valence-corrected chi connectivity index (χ4v) is 3.31. The van der Waals surface area contributed by atoms with Crippen molar-refractivity contribution in [2.24, 2.45) is 0 Å². The quantitative estimate of drug-likeness (QED) is 0.721. The zero-order valence-corrected chi connectivity index (χ0v) is 16.2. The molecule has 0 radical (unpaired) electrons. The van der Waals surface area contributed by atoms with Crippen LogP contribution in [0.3, 0.4) is 0 Å². The summed E-state index contributed by atoms with van der Waals surface area (Å²) in [5.41, 5.74) is 1.22. The molecule has 0 atom stereocenters. The molecule has 0 spiro atoms. The number of aromatic nitrogens is 2. The summed E-state index contributed by atoms with van der Waals surface area (Å²) < 4.78 is 34.4. The topological polar surface area (TPSA) is 93.5 Å². The highest BCUT2D eigenvalue weighted by Crippen LogP contribution is 2.28. The average molecular weight is 388 g/mol. The Labute approximate surface area is 157 Å². The number of rotatable bonds is 5. The lowest BCUT2D eigenvalue weighted by atomic mass is 10.2. The van der Waals surface area contributed by atoms with Gasteiger partial charge in [-0.25, -0.2) is 4.98 Å². The maximum Gasteiger partial charge on any atom is 0.301 e. The predicted molar refractivity (Wildman–Crippen MR) is 105 cm³/mol. The maximum atomic E-state index is 12.9. The van der Waals surface area contributed by atoms with Crippen molar-refractivity contribution in [3.8, 4) is 11.4 Å². The third-order valence-corrected chi connectivity index (χ3v) is 5.55. The monoisotopic (exact) mass is 388 g/mol. The SMILES string of the molecule is COc1cc(-n2c(C)nc3ccccc3c2=O)ccc1NS(=O)(=O)N(C)C. The van der Waals surface area contributed by atoms with Crippen LogP contribution in [0.5, 0.6) is 5.75 Å². The number of ether oxygens (including phenoxy) is 1. The van der Waals surface area contributed by atoms with Crippen LogP contribution in [0.4, 0.5) is 5.69 Å². The van der Waals surface area contributed by atoms with E-state index in [9.17, 15) is 13.2 Å². The number of aryl methyl sites for hydroxylation is 1. The first-order chi connectivity index (χ1) is 12.7. The minimum atomic E-state index is -3.68. The standard InChI is InChI=1S/C18H20N4O4S/c1-12-19-15-8-6-5-7-14(15)18(23)22(12)13-9-10-16(17(11-13)26-4)20-27(24,25)21(2)3/h5-11,20H,1-4H3. The summed E-state index contributed by atoms with van der Waals surface area (Å²) in [5, 5.41) is 0.499. The number of hydrogen-bond acceptors (Lipinski definition) is 5. The van der Waals surface area contributed by atoms with Gasteiger partial charge in [0.25, 0.3) is 5.56 Å².